The van der Waals surface area contributed by atoms with Crippen LogP contribution in [-0.4, -0.2) is 29.4 Å². The fraction of sp³-hybridized carbons (Fsp3) is 0.571. The lowest BCUT2D eigenvalue weighted by atomic mass is 9.93. The highest BCUT2D eigenvalue weighted by Crippen LogP contribution is 2.22. The molecule has 1 rings (SSSR count). The topological polar surface area (TPSA) is 52.5 Å². The monoisotopic (exact) mass is 237 g/mol. The molecule has 0 heterocycles. The van der Waals surface area contributed by atoms with Crippen molar-refractivity contribution >= 4 is 0 Å². The summed E-state index contributed by atoms with van der Waals surface area (Å²) in [6, 6.07) is 7.88. The number of aliphatic hydroxyl groups is 2. The second-order valence-electron chi connectivity index (χ2n) is 4.80. The fourth-order valence-corrected chi connectivity index (χ4v) is 1.91. The molecule has 0 aliphatic rings. The number of hydrogen-bond acceptors (Lipinski definition) is 3. The van der Waals surface area contributed by atoms with Crippen LogP contribution in [0.3, 0.4) is 0 Å². The summed E-state index contributed by atoms with van der Waals surface area (Å²) in [7, 11) is 0. The summed E-state index contributed by atoms with van der Waals surface area (Å²) in [4.78, 5) is 0. The molecule has 3 N–H and O–H groups in total. The summed E-state index contributed by atoms with van der Waals surface area (Å²) in [5, 5.41) is 22.3. The van der Waals surface area contributed by atoms with Crippen molar-refractivity contribution in [1.82, 2.24) is 5.32 Å². The summed E-state index contributed by atoms with van der Waals surface area (Å²) in [6.07, 6.45) is -0.540. The maximum absolute atomic E-state index is 10.3. The molecule has 0 saturated carbocycles. The van der Waals surface area contributed by atoms with E-state index >= 15 is 0 Å². The van der Waals surface area contributed by atoms with Crippen molar-refractivity contribution in [3.8, 4) is 0 Å². The van der Waals surface area contributed by atoms with E-state index < -0.39 is 6.10 Å². The van der Waals surface area contributed by atoms with Gasteiger partial charge in [0.05, 0.1) is 12.7 Å². The van der Waals surface area contributed by atoms with Gasteiger partial charge < -0.3 is 15.5 Å². The van der Waals surface area contributed by atoms with E-state index in [9.17, 15) is 5.11 Å². The molecule has 17 heavy (non-hydrogen) atoms. The lowest BCUT2D eigenvalue weighted by Crippen LogP contribution is -2.40. The molecule has 0 fully saturated rings. The minimum absolute atomic E-state index is 0.0372. The van der Waals surface area contributed by atoms with Crippen LogP contribution in [0.5, 0.6) is 0 Å². The third-order valence-corrected chi connectivity index (χ3v) is 2.97. The zero-order chi connectivity index (χ0) is 12.8. The van der Waals surface area contributed by atoms with Gasteiger partial charge >= 0.3 is 0 Å². The maximum Gasteiger partial charge on any atom is 0.0945 e. The molecule has 3 nitrogen and oxygen atoms in total. The molecule has 2 unspecified atom stereocenters. The Morgan fingerprint density at radius 1 is 1.18 bits per heavy atom. The zero-order valence-corrected chi connectivity index (χ0v) is 10.9. The highest BCUT2D eigenvalue weighted by Gasteiger charge is 2.23. The maximum atomic E-state index is 10.3. The molecule has 0 aliphatic heterocycles. The van der Waals surface area contributed by atoms with Gasteiger partial charge in [0.25, 0.3) is 0 Å². The Balaban J connectivity index is 2.76. The largest absolute Gasteiger partial charge is 0.395 e. The minimum Gasteiger partial charge on any atom is -0.395 e. The Hall–Kier alpha value is -0.900. The highest BCUT2D eigenvalue weighted by atomic mass is 16.3. The van der Waals surface area contributed by atoms with E-state index in [-0.39, 0.29) is 12.6 Å². The third kappa shape index (κ3) is 4.11. The number of aliphatic hydroxyl groups excluding tert-OH is 2. The predicted octanol–water partition coefficient (Wildman–Crippen LogP) is 1.63. The highest BCUT2D eigenvalue weighted by molar-refractivity contribution is 5.24. The van der Waals surface area contributed by atoms with Gasteiger partial charge in [-0.2, -0.15) is 0 Å². The van der Waals surface area contributed by atoms with Crippen LogP contribution in [0.4, 0.5) is 0 Å². The lowest BCUT2D eigenvalue weighted by Gasteiger charge is -2.27. The first-order valence-corrected chi connectivity index (χ1v) is 6.15. The molecular weight excluding hydrogens is 214 g/mol. The van der Waals surface area contributed by atoms with E-state index in [1.165, 1.54) is 5.56 Å². The van der Waals surface area contributed by atoms with Crippen molar-refractivity contribution in [2.75, 3.05) is 13.2 Å². The molecule has 0 aromatic heterocycles. The second kappa shape index (κ2) is 6.74. The number of rotatable bonds is 6. The first-order chi connectivity index (χ1) is 8.06. The molecule has 96 valence electrons. The lowest BCUT2D eigenvalue weighted by molar-refractivity contribution is 0.102. The Morgan fingerprint density at radius 3 is 2.24 bits per heavy atom. The Morgan fingerprint density at radius 2 is 1.76 bits per heavy atom. The van der Waals surface area contributed by atoms with Crippen LogP contribution in [-0.2, 0) is 0 Å². The Labute approximate surface area is 103 Å². The Kier molecular flexibility index (Phi) is 5.62. The van der Waals surface area contributed by atoms with Crippen molar-refractivity contribution in [2.45, 2.75) is 32.9 Å². The fourth-order valence-electron chi connectivity index (χ4n) is 1.91. The summed E-state index contributed by atoms with van der Waals surface area (Å²) in [5.41, 5.74) is 2.10. The van der Waals surface area contributed by atoms with Gasteiger partial charge in [0, 0.05) is 12.6 Å². The standard InChI is InChI=1S/C14H23NO2/c1-10(2)13(15-8-9-16)14(17)12-6-4-11(3)5-7-12/h4-7,10,13-17H,8-9H2,1-3H3. The molecule has 3 heteroatoms. The summed E-state index contributed by atoms with van der Waals surface area (Å²) in [5.74, 6) is 0.304. The zero-order valence-electron chi connectivity index (χ0n) is 10.9. The van der Waals surface area contributed by atoms with Crippen molar-refractivity contribution in [2.24, 2.45) is 5.92 Å². The molecule has 0 spiro atoms. The van der Waals surface area contributed by atoms with E-state index in [1.807, 2.05) is 31.2 Å². The van der Waals surface area contributed by atoms with Gasteiger partial charge in [0.15, 0.2) is 0 Å². The van der Waals surface area contributed by atoms with E-state index in [4.69, 9.17) is 5.11 Å². The van der Waals surface area contributed by atoms with Crippen LogP contribution in [0.15, 0.2) is 24.3 Å². The smallest absolute Gasteiger partial charge is 0.0945 e. The van der Waals surface area contributed by atoms with Crippen LogP contribution in [0.1, 0.15) is 31.1 Å². The van der Waals surface area contributed by atoms with Crippen LogP contribution in [0, 0.1) is 12.8 Å². The molecule has 0 radical (unpaired) electrons. The van der Waals surface area contributed by atoms with Gasteiger partial charge in [-0.05, 0) is 18.4 Å². The molecule has 0 saturated heterocycles. The minimum atomic E-state index is -0.540. The van der Waals surface area contributed by atoms with Crippen molar-refractivity contribution in [3.05, 3.63) is 35.4 Å². The van der Waals surface area contributed by atoms with E-state index in [1.54, 1.807) is 0 Å². The molecule has 2 atom stereocenters. The van der Waals surface area contributed by atoms with Crippen molar-refractivity contribution in [1.29, 1.82) is 0 Å². The number of nitrogens with one attached hydrogen (secondary N) is 1. The second-order valence-corrected chi connectivity index (χ2v) is 4.80. The Bertz CT molecular complexity index is 321. The van der Waals surface area contributed by atoms with Crippen LogP contribution >= 0.6 is 0 Å². The summed E-state index contributed by atoms with van der Waals surface area (Å²) in [6.45, 7) is 6.74. The quantitative estimate of drug-likeness (QED) is 0.705. The molecule has 1 aromatic rings. The molecular formula is C14H23NO2. The first kappa shape index (κ1) is 14.2. The van der Waals surface area contributed by atoms with Crippen LogP contribution in [0.25, 0.3) is 0 Å². The van der Waals surface area contributed by atoms with E-state index in [0.717, 1.165) is 5.56 Å². The molecule has 0 aliphatic carbocycles. The van der Waals surface area contributed by atoms with Crippen molar-refractivity contribution in [3.63, 3.8) is 0 Å². The predicted molar refractivity (Wildman–Crippen MR) is 69.9 cm³/mol. The first-order valence-electron chi connectivity index (χ1n) is 6.15. The van der Waals surface area contributed by atoms with Crippen molar-refractivity contribution < 1.29 is 10.2 Å². The molecule has 0 bridgehead atoms. The summed E-state index contributed by atoms with van der Waals surface area (Å²) < 4.78 is 0. The number of aryl methyl sites for hydroxylation is 1. The number of hydrogen-bond donors (Lipinski definition) is 3. The average Bonchev–Trinajstić information content (AvgIpc) is 2.29. The van der Waals surface area contributed by atoms with E-state index in [2.05, 4.69) is 19.2 Å². The SMILES string of the molecule is Cc1ccc(C(O)C(NCCO)C(C)C)cc1. The van der Waals surface area contributed by atoms with Crippen LogP contribution < -0.4 is 5.32 Å². The van der Waals surface area contributed by atoms with Gasteiger partial charge in [-0.25, -0.2) is 0 Å². The molecule has 1 aromatic carbocycles. The van der Waals surface area contributed by atoms with E-state index in [0.29, 0.717) is 12.5 Å². The van der Waals surface area contributed by atoms with Crippen LogP contribution in [0.2, 0.25) is 0 Å². The number of benzene rings is 1. The average molecular weight is 237 g/mol. The van der Waals surface area contributed by atoms with Gasteiger partial charge in [0.1, 0.15) is 0 Å². The van der Waals surface area contributed by atoms with Gasteiger partial charge in [0.2, 0.25) is 0 Å². The normalized spacial score (nSPS) is 14.9. The third-order valence-electron chi connectivity index (χ3n) is 2.97. The van der Waals surface area contributed by atoms with Gasteiger partial charge in [-0.3, -0.25) is 0 Å². The van der Waals surface area contributed by atoms with Gasteiger partial charge in [-0.1, -0.05) is 43.7 Å². The summed E-state index contributed by atoms with van der Waals surface area (Å²) >= 11 is 0. The molecule has 0 amide bonds. The van der Waals surface area contributed by atoms with Gasteiger partial charge in [-0.15, -0.1) is 0 Å².